The highest BCUT2D eigenvalue weighted by atomic mass is 16.5. The molecule has 3 unspecified atom stereocenters. The molecule has 1 fully saturated rings. The summed E-state index contributed by atoms with van der Waals surface area (Å²) in [7, 11) is 0. The molecule has 0 bridgehead atoms. The standard InChI is InChI=1S/C10H22N2O/c1-2-3-6-13-10-5-4-8(11)7-9(10)12/h8-10H,2-7,11-12H2,1H3. The van der Waals surface area contributed by atoms with E-state index in [9.17, 15) is 0 Å². The van der Waals surface area contributed by atoms with E-state index in [4.69, 9.17) is 16.2 Å². The van der Waals surface area contributed by atoms with Gasteiger partial charge in [0.25, 0.3) is 0 Å². The molecule has 1 saturated carbocycles. The van der Waals surface area contributed by atoms with Crippen molar-refractivity contribution in [3.63, 3.8) is 0 Å². The fourth-order valence-electron chi connectivity index (χ4n) is 1.80. The van der Waals surface area contributed by atoms with Gasteiger partial charge in [-0.3, -0.25) is 0 Å². The molecule has 0 aromatic carbocycles. The summed E-state index contributed by atoms with van der Waals surface area (Å²) in [4.78, 5) is 0. The second-order valence-electron chi connectivity index (χ2n) is 4.00. The Labute approximate surface area is 80.8 Å². The SMILES string of the molecule is CCCCOC1CCC(N)CC1N. The van der Waals surface area contributed by atoms with Crippen LogP contribution < -0.4 is 11.5 Å². The van der Waals surface area contributed by atoms with Crippen LogP contribution in [0.1, 0.15) is 39.0 Å². The van der Waals surface area contributed by atoms with E-state index >= 15 is 0 Å². The van der Waals surface area contributed by atoms with Gasteiger partial charge in [-0.05, 0) is 25.7 Å². The van der Waals surface area contributed by atoms with Crippen LogP contribution >= 0.6 is 0 Å². The van der Waals surface area contributed by atoms with E-state index in [1.54, 1.807) is 0 Å². The lowest BCUT2D eigenvalue weighted by Crippen LogP contribution is -2.46. The summed E-state index contributed by atoms with van der Waals surface area (Å²) >= 11 is 0. The number of nitrogens with two attached hydrogens (primary N) is 2. The molecule has 78 valence electrons. The molecule has 3 nitrogen and oxygen atoms in total. The Morgan fingerprint density at radius 3 is 2.69 bits per heavy atom. The first kappa shape index (κ1) is 11.0. The minimum atomic E-state index is 0.153. The lowest BCUT2D eigenvalue weighted by Gasteiger charge is -2.32. The Hall–Kier alpha value is -0.120. The molecule has 0 amide bonds. The maximum Gasteiger partial charge on any atom is 0.0727 e. The van der Waals surface area contributed by atoms with Crippen molar-refractivity contribution in [1.82, 2.24) is 0 Å². The first-order chi connectivity index (χ1) is 6.24. The predicted octanol–water partition coefficient (Wildman–Crippen LogP) is 1.01. The van der Waals surface area contributed by atoms with Gasteiger partial charge in [0.05, 0.1) is 6.10 Å². The van der Waals surface area contributed by atoms with Crippen LogP contribution in [0.2, 0.25) is 0 Å². The first-order valence-corrected chi connectivity index (χ1v) is 5.36. The highest BCUT2D eigenvalue weighted by Crippen LogP contribution is 2.19. The van der Waals surface area contributed by atoms with E-state index < -0.39 is 0 Å². The van der Waals surface area contributed by atoms with E-state index in [1.165, 1.54) is 6.42 Å². The molecular formula is C10H22N2O. The number of hydrogen-bond donors (Lipinski definition) is 2. The van der Waals surface area contributed by atoms with Gasteiger partial charge in [-0.2, -0.15) is 0 Å². The molecule has 1 aliphatic carbocycles. The zero-order valence-corrected chi connectivity index (χ0v) is 8.54. The molecule has 0 aliphatic heterocycles. The molecule has 0 heterocycles. The van der Waals surface area contributed by atoms with Crippen molar-refractivity contribution < 1.29 is 4.74 Å². The van der Waals surface area contributed by atoms with Crippen molar-refractivity contribution >= 4 is 0 Å². The van der Waals surface area contributed by atoms with Crippen LogP contribution in [0.25, 0.3) is 0 Å². The summed E-state index contributed by atoms with van der Waals surface area (Å²) in [5.74, 6) is 0. The quantitative estimate of drug-likeness (QED) is 0.644. The van der Waals surface area contributed by atoms with Crippen LogP contribution in [0.3, 0.4) is 0 Å². The topological polar surface area (TPSA) is 61.3 Å². The molecule has 0 aromatic rings. The van der Waals surface area contributed by atoms with Crippen molar-refractivity contribution in [2.24, 2.45) is 11.5 Å². The van der Waals surface area contributed by atoms with Crippen LogP contribution in [0.15, 0.2) is 0 Å². The van der Waals surface area contributed by atoms with E-state index in [1.807, 2.05) is 0 Å². The Balaban J connectivity index is 2.18. The van der Waals surface area contributed by atoms with E-state index in [0.29, 0.717) is 6.04 Å². The first-order valence-electron chi connectivity index (χ1n) is 5.36. The molecule has 0 spiro atoms. The zero-order valence-electron chi connectivity index (χ0n) is 8.54. The fraction of sp³-hybridized carbons (Fsp3) is 1.00. The van der Waals surface area contributed by atoms with Gasteiger partial charge < -0.3 is 16.2 Å². The van der Waals surface area contributed by atoms with Gasteiger partial charge >= 0.3 is 0 Å². The van der Waals surface area contributed by atoms with E-state index in [2.05, 4.69) is 6.92 Å². The summed E-state index contributed by atoms with van der Waals surface area (Å²) in [6, 6.07) is 0.446. The van der Waals surface area contributed by atoms with Gasteiger partial charge in [0.1, 0.15) is 0 Å². The van der Waals surface area contributed by atoms with Gasteiger partial charge in [0.2, 0.25) is 0 Å². The van der Waals surface area contributed by atoms with E-state index in [0.717, 1.165) is 32.3 Å². The summed E-state index contributed by atoms with van der Waals surface area (Å²) < 4.78 is 5.70. The summed E-state index contributed by atoms with van der Waals surface area (Å²) in [6.07, 6.45) is 5.58. The maximum atomic E-state index is 5.95. The molecule has 3 heteroatoms. The maximum absolute atomic E-state index is 5.95. The van der Waals surface area contributed by atoms with Crippen molar-refractivity contribution in [3.05, 3.63) is 0 Å². The summed E-state index contributed by atoms with van der Waals surface area (Å²) in [5.41, 5.74) is 11.8. The van der Waals surface area contributed by atoms with Crippen molar-refractivity contribution in [2.45, 2.75) is 57.2 Å². The molecule has 1 rings (SSSR count). The van der Waals surface area contributed by atoms with Crippen LogP contribution in [0, 0.1) is 0 Å². The third-order valence-corrected chi connectivity index (χ3v) is 2.70. The average Bonchev–Trinajstić information content (AvgIpc) is 2.09. The van der Waals surface area contributed by atoms with Crippen LogP contribution in [0.5, 0.6) is 0 Å². The number of rotatable bonds is 4. The van der Waals surface area contributed by atoms with Crippen LogP contribution in [-0.4, -0.2) is 24.8 Å². The van der Waals surface area contributed by atoms with Gasteiger partial charge in [-0.25, -0.2) is 0 Å². The fourth-order valence-corrected chi connectivity index (χ4v) is 1.80. The third-order valence-electron chi connectivity index (χ3n) is 2.70. The second kappa shape index (κ2) is 5.58. The summed E-state index contributed by atoms with van der Waals surface area (Å²) in [6.45, 7) is 3.02. The molecule has 13 heavy (non-hydrogen) atoms. The second-order valence-corrected chi connectivity index (χ2v) is 4.00. The average molecular weight is 186 g/mol. The lowest BCUT2D eigenvalue weighted by atomic mass is 9.89. The molecule has 3 atom stereocenters. The largest absolute Gasteiger partial charge is 0.377 e. The highest BCUT2D eigenvalue weighted by Gasteiger charge is 2.26. The minimum absolute atomic E-state index is 0.153. The Kier molecular flexibility index (Phi) is 4.70. The van der Waals surface area contributed by atoms with Gasteiger partial charge in [-0.15, -0.1) is 0 Å². The van der Waals surface area contributed by atoms with Crippen LogP contribution in [0.4, 0.5) is 0 Å². The van der Waals surface area contributed by atoms with Gasteiger partial charge in [-0.1, -0.05) is 13.3 Å². The molecular weight excluding hydrogens is 164 g/mol. The molecule has 0 saturated heterocycles. The van der Waals surface area contributed by atoms with Crippen molar-refractivity contribution in [1.29, 1.82) is 0 Å². The Morgan fingerprint density at radius 1 is 1.31 bits per heavy atom. The van der Waals surface area contributed by atoms with Crippen molar-refractivity contribution in [2.75, 3.05) is 6.61 Å². The number of unbranched alkanes of at least 4 members (excludes halogenated alkanes) is 1. The predicted molar refractivity (Wildman–Crippen MR) is 54.4 cm³/mol. The van der Waals surface area contributed by atoms with Gasteiger partial charge in [0.15, 0.2) is 0 Å². The number of ether oxygens (including phenoxy) is 1. The highest BCUT2D eigenvalue weighted by molar-refractivity contribution is 4.85. The monoisotopic (exact) mass is 186 g/mol. The Bertz CT molecular complexity index is 141. The molecule has 4 N–H and O–H groups in total. The van der Waals surface area contributed by atoms with E-state index in [-0.39, 0.29) is 12.1 Å². The minimum Gasteiger partial charge on any atom is -0.377 e. The Morgan fingerprint density at radius 2 is 2.08 bits per heavy atom. The van der Waals surface area contributed by atoms with Crippen molar-refractivity contribution in [3.8, 4) is 0 Å². The summed E-state index contributed by atoms with van der Waals surface area (Å²) in [5, 5.41) is 0. The molecule has 0 radical (unpaired) electrons. The van der Waals surface area contributed by atoms with Crippen LogP contribution in [-0.2, 0) is 4.74 Å². The lowest BCUT2D eigenvalue weighted by molar-refractivity contribution is 0.0104. The normalized spacial score (nSPS) is 34.8. The molecule has 1 aliphatic rings. The number of hydrogen-bond acceptors (Lipinski definition) is 3. The third kappa shape index (κ3) is 3.63. The molecule has 0 aromatic heterocycles. The van der Waals surface area contributed by atoms with Gasteiger partial charge in [0, 0.05) is 18.7 Å². The zero-order chi connectivity index (χ0) is 9.68. The smallest absolute Gasteiger partial charge is 0.0727 e.